The van der Waals surface area contributed by atoms with Gasteiger partial charge in [0.25, 0.3) is 0 Å². The summed E-state index contributed by atoms with van der Waals surface area (Å²) in [6.07, 6.45) is -4.58. The molecule has 0 radical (unpaired) electrons. The summed E-state index contributed by atoms with van der Waals surface area (Å²) >= 11 is 0. The molecule has 1 rings (SSSR count). The van der Waals surface area contributed by atoms with Crippen molar-refractivity contribution in [2.45, 2.75) is 31.5 Å². The molecule has 0 unspecified atom stereocenters. The molecule has 120 valence electrons. The normalized spacial score (nSPS) is 13.0. The molecule has 0 saturated carbocycles. The summed E-state index contributed by atoms with van der Waals surface area (Å²) < 4.78 is 62.3. The molecule has 0 aliphatic rings. The first-order valence-corrected chi connectivity index (χ1v) is 7.71. The Kier molecular flexibility index (Phi) is 5.40. The van der Waals surface area contributed by atoms with E-state index in [-0.39, 0.29) is 4.90 Å². The number of benzene rings is 1. The highest BCUT2D eigenvalue weighted by atomic mass is 32.2. The van der Waals surface area contributed by atoms with E-state index in [1.807, 2.05) is 6.07 Å². The molecular formula is C13H19F3N2O2S. The van der Waals surface area contributed by atoms with Crippen LogP contribution in [0.5, 0.6) is 0 Å². The van der Waals surface area contributed by atoms with E-state index in [1.165, 1.54) is 6.07 Å². The maximum atomic E-state index is 12.4. The van der Waals surface area contributed by atoms with Gasteiger partial charge in [0.15, 0.2) is 0 Å². The zero-order chi connectivity index (χ0) is 16.4. The van der Waals surface area contributed by atoms with Gasteiger partial charge in [0.1, 0.15) is 6.54 Å². The van der Waals surface area contributed by atoms with E-state index in [2.05, 4.69) is 5.32 Å². The van der Waals surface area contributed by atoms with Gasteiger partial charge in [-0.25, -0.2) is 8.42 Å². The van der Waals surface area contributed by atoms with Gasteiger partial charge in [-0.2, -0.15) is 17.5 Å². The van der Waals surface area contributed by atoms with Gasteiger partial charge in [0.05, 0.1) is 4.90 Å². The van der Waals surface area contributed by atoms with E-state index < -0.39 is 22.7 Å². The number of nitrogens with zero attached hydrogens (tertiary/aromatic N) is 1. The summed E-state index contributed by atoms with van der Waals surface area (Å²) in [5.74, 6) is 0. The number of hydrogen-bond acceptors (Lipinski definition) is 3. The summed E-state index contributed by atoms with van der Waals surface area (Å²) in [7, 11) is -1.54. The van der Waals surface area contributed by atoms with Crippen molar-refractivity contribution in [2.24, 2.45) is 0 Å². The summed E-state index contributed by atoms with van der Waals surface area (Å²) in [4.78, 5) is -0.0838. The minimum absolute atomic E-state index is 0.0838. The van der Waals surface area contributed by atoms with Crippen LogP contribution in [-0.2, 0) is 16.6 Å². The molecule has 0 fully saturated rings. The van der Waals surface area contributed by atoms with Crippen LogP contribution >= 0.6 is 0 Å². The van der Waals surface area contributed by atoms with Gasteiger partial charge in [-0.3, -0.25) is 0 Å². The SMILES string of the molecule is CNCc1cc(C)c(C)c(S(=O)(=O)N(C)CC(F)(F)F)c1. The van der Waals surface area contributed by atoms with Gasteiger partial charge >= 0.3 is 6.18 Å². The van der Waals surface area contributed by atoms with Crippen LogP contribution in [0.25, 0.3) is 0 Å². The molecule has 0 heterocycles. The lowest BCUT2D eigenvalue weighted by Gasteiger charge is -2.21. The quantitative estimate of drug-likeness (QED) is 0.903. The predicted octanol–water partition coefficient (Wildman–Crippen LogP) is 2.21. The predicted molar refractivity (Wildman–Crippen MR) is 74.6 cm³/mol. The Morgan fingerprint density at radius 2 is 1.81 bits per heavy atom. The molecular weight excluding hydrogens is 305 g/mol. The van der Waals surface area contributed by atoms with Crippen LogP contribution in [0.15, 0.2) is 17.0 Å². The molecule has 0 bridgehead atoms. The molecule has 0 aromatic heterocycles. The Hall–Kier alpha value is -1.12. The van der Waals surface area contributed by atoms with Gasteiger partial charge < -0.3 is 5.32 Å². The number of halogens is 3. The minimum atomic E-state index is -4.58. The van der Waals surface area contributed by atoms with Gasteiger partial charge in [-0.15, -0.1) is 0 Å². The number of hydrogen-bond donors (Lipinski definition) is 1. The van der Waals surface area contributed by atoms with Crippen LogP contribution in [0.4, 0.5) is 13.2 Å². The molecule has 1 aromatic rings. The second-order valence-corrected chi connectivity index (χ2v) is 6.96. The molecule has 0 spiro atoms. The third-order valence-electron chi connectivity index (χ3n) is 3.15. The van der Waals surface area contributed by atoms with Crippen molar-refractivity contribution in [1.82, 2.24) is 9.62 Å². The van der Waals surface area contributed by atoms with Crippen LogP contribution in [0.2, 0.25) is 0 Å². The van der Waals surface area contributed by atoms with E-state index in [0.29, 0.717) is 22.0 Å². The van der Waals surface area contributed by atoms with Crippen molar-refractivity contribution in [3.8, 4) is 0 Å². The topological polar surface area (TPSA) is 49.4 Å². The van der Waals surface area contributed by atoms with Crippen molar-refractivity contribution in [1.29, 1.82) is 0 Å². The number of aryl methyl sites for hydroxylation is 1. The Balaban J connectivity index is 3.30. The average molecular weight is 324 g/mol. The Bertz CT molecular complexity index is 613. The Labute approximate surface area is 123 Å². The molecule has 0 saturated heterocycles. The van der Waals surface area contributed by atoms with Crippen LogP contribution < -0.4 is 5.32 Å². The van der Waals surface area contributed by atoms with Gasteiger partial charge in [0, 0.05) is 13.6 Å². The molecule has 0 atom stereocenters. The molecule has 1 N–H and O–H groups in total. The standard InChI is InChI=1S/C13H19F3N2O2S/c1-9-5-11(7-17-3)6-12(10(9)2)21(19,20)18(4)8-13(14,15)16/h5-6,17H,7-8H2,1-4H3. The van der Waals surface area contributed by atoms with E-state index in [0.717, 1.165) is 12.6 Å². The highest BCUT2D eigenvalue weighted by Gasteiger charge is 2.35. The summed E-state index contributed by atoms with van der Waals surface area (Å²) in [6.45, 7) is 2.25. The smallest absolute Gasteiger partial charge is 0.316 e. The maximum Gasteiger partial charge on any atom is 0.402 e. The van der Waals surface area contributed by atoms with Gasteiger partial charge in [-0.1, -0.05) is 6.07 Å². The highest BCUT2D eigenvalue weighted by Crippen LogP contribution is 2.26. The van der Waals surface area contributed by atoms with Crippen LogP contribution in [-0.4, -0.2) is 39.5 Å². The zero-order valence-corrected chi connectivity index (χ0v) is 13.2. The number of rotatable bonds is 5. The van der Waals surface area contributed by atoms with Gasteiger partial charge in [0.2, 0.25) is 10.0 Å². The molecule has 21 heavy (non-hydrogen) atoms. The highest BCUT2D eigenvalue weighted by molar-refractivity contribution is 7.89. The fourth-order valence-electron chi connectivity index (χ4n) is 1.98. The van der Waals surface area contributed by atoms with E-state index in [4.69, 9.17) is 0 Å². The fraction of sp³-hybridized carbons (Fsp3) is 0.538. The van der Waals surface area contributed by atoms with E-state index >= 15 is 0 Å². The molecule has 1 aromatic carbocycles. The fourth-order valence-corrected chi connectivity index (χ4v) is 3.48. The second kappa shape index (κ2) is 6.33. The number of alkyl halides is 3. The molecule has 8 heteroatoms. The lowest BCUT2D eigenvalue weighted by atomic mass is 10.1. The minimum Gasteiger partial charge on any atom is -0.316 e. The third-order valence-corrected chi connectivity index (χ3v) is 5.08. The summed E-state index contributed by atoms with van der Waals surface area (Å²) in [6, 6.07) is 3.23. The average Bonchev–Trinajstić information content (AvgIpc) is 2.31. The van der Waals surface area contributed by atoms with E-state index in [9.17, 15) is 21.6 Å². The van der Waals surface area contributed by atoms with Crippen LogP contribution in [0, 0.1) is 13.8 Å². The first kappa shape index (κ1) is 17.9. The molecule has 0 aliphatic heterocycles. The Morgan fingerprint density at radius 1 is 1.24 bits per heavy atom. The molecule has 0 amide bonds. The van der Waals surface area contributed by atoms with Crippen molar-refractivity contribution in [3.05, 3.63) is 28.8 Å². The monoisotopic (exact) mass is 324 g/mol. The zero-order valence-electron chi connectivity index (χ0n) is 12.4. The van der Waals surface area contributed by atoms with Crippen molar-refractivity contribution >= 4 is 10.0 Å². The summed E-state index contributed by atoms with van der Waals surface area (Å²) in [5, 5.41) is 2.89. The van der Waals surface area contributed by atoms with Crippen molar-refractivity contribution in [2.75, 3.05) is 20.6 Å². The number of nitrogens with one attached hydrogen (secondary N) is 1. The summed E-state index contributed by atoms with van der Waals surface area (Å²) in [5.41, 5.74) is 1.89. The first-order valence-electron chi connectivity index (χ1n) is 6.27. The molecule has 0 aliphatic carbocycles. The lowest BCUT2D eigenvalue weighted by Crippen LogP contribution is -2.36. The largest absolute Gasteiger partial charge is 0.402 e. The van der Waals surface area contributed by atoms with Crippen molar-refractivity contribution < 1.29 is 21.6 Å². The first-order chi connectivity index (χ1) is 9.49. The second-order valence-electron chi connectivity index (χ2n) is 4.94. The molecule has 4 nitrogen and oxygen atoms in total. The lowest BCUT2D eigenvalue weighted by molar-refractivity contribution is -0.134. The Morgan fingerprint density at radius 3 is 2.29 bits per heavy atom. The van der Waals surface area contributed by atoms with Gasteiger partial charge in [-0.05, 0) is 43.7 Å². The number of sulfonamides is 1. The third kappa shape index (κ3) is 4.42. The van der Waals surface area contributed by atoms with Crippen molar-refractivity contribution in [3.63, 3.8) is 0 Å². The van der Waals surface area contributed by atoms with Crippen LogP contribution in [0.3, 0.4) is 0 Å². The van der Waals surface area contributed by atoms with E-state index in [1.54, 1.807) is 20.9 Å². The van der Waals surface area contributed by atoms with Crippen LogP contribution in [0.1, 0.15) is 16.7 Å². The maximum absolute atomic E-state index is 12.4.